The van der Waals surface area contributed by atoms with Crippen LogP contribution in [0.15, 0.2) is 0 Å². The zero-order valence-corrected chi connectivity index (χ0v) is 10.9. The van der Waals surface area contributed by atoms with E-state index in [2.05, 4.69) is 0 Å². The van der Waals surface area contributed by atoms with Crippen molar-refractivity contribution in [2.45, 2.75) is 33.7 Å². The number of hydrogen-bond acceptors (Lipinski definition) is 3. The van der Waals surface area contributed by atoms with Crippen molar-refractivity contribution in [3.8, 4) is 0 Å². The molecule has 0 saturated carbocycles. The maximum absolute atomic E-state index is 12.1. The molecule has 3 atom stereocenters. The minimum atomic E-state index is -0.836. The molecule has 0 aromatic heterocycles. The van der Waals surface area contributed by atoms with Crippen LogP contribution in [0.5, 0.6) is 0 Å². The Hall–Kier alpha value is -1.10. The van der Waals surface area contributed by atoms with Gasteiger partial charge in [-0.25, -0.2) is 0 Å². The third-order valence-electron chi connectivity index (χ3n) is 3.44. The van der Waals surface area contributed by atoms with Gasteiger partial charge in [0.25, 0.3) is 0 Å². The fourth-order valence-corrected chi connectivity index (χ4v) is 2.04. The van der Waals surface area contributed by atoms with Crippen LogP contribution in [0.3, 0.4) is 0 Å². The lowest BCUT2D eigenvalue weighted by atomic mass is 9.86. The summed E-state index contributed by atoms with van der Waals surface area (Å²) in [7, 11) is 0. The monoisotopic (exact) mass is 242 g/mol. The molecule has 98 valence electrons. The molecule has 0 spiro atoms. The van der Waals surface area contributed by atoms with Gasteiger partial charge in [-0.1, -0.05) is 27.7 Å². The number of carboxylic acid groups (broad SMARTS) is 1. The molecule has 1 aliphatic rings. The van der Waals surface area contributed by atoms with Gasteiger partial charge < -0.3 is 15.7 Å². The van der Waals surface area contributed by atoms with Crippen molar-refractivity contribution in [3.05, 3.63) is 0 Å². The first-order valence-electron chi connectivity index (χ1n) is 5.91. The minimum Gasteiger partial charge on any atom is -0.481 e. The number of hydrogen-bond donors (Lipinski definition) is 2. The van der Waals surface area contributed by atoms with Crippen molar-refractivity contribution in [2.24, 2.45) is 23.0 Å². The van der Waals surface area contributed by atoms with E-state index >= 15 is 0 Å². The lowest BCUT2D eigenvalue weighted by molar-refractivity contribution is -0.142. The Morgan fingerprint density at radius 3 is 2.24 bits per heavy atom. The number of nitrogens with zero attached hydrogens (tertiary/aromatic N) is 1. The van der Waals surface area contributed by atoms with Gasteiger partial charge >= 0.3 is 5.97 Å². The number of likely N-dealkylation sites (tertiary alicyclic amines) is 1. The first kappa shape index (κ1) is 14.0. The van der Waals surface area contributed by atoms with E-state index in [9.17, 15) is 9.59 Å². The molecule has 0 aromatic carbocycles. The number of carbonyl (C=O) groups is 2. The van der Waals surface area contributed by atoms with Gasteiger partial charge in [0.2, 0.25) is 5.91 Å². The summed E-state index contributed by atoms with van der Waals surface area (Å²) in [6.07, 6.45) is 0. The highest BCUT2D eigenvalue weighted by molar-refractivity contribution is 5.84. The Kier molecular flexibility index (Phi) is 3.81. The topological polar surface area (TPSA) is 83.6 Å². The summed E-state index contributed by atoms with van der Waals surface area (Å²) >= 11 is 0. The van der Waals surface area contributed by atoms with Crippen molar-refractivity contribution < 1.29 is 14.7 Å². The van der Waals surface area contributed by atoms with Crippen LogP contribution in [0, 0.1) is 17.3 Å². The summed E-state index contributed by atoms with van der Waals surface area (Å²) in [6.45, 7) is 8.34. The van der Waals surface area contributed by atoms with E-state index in [-0.39, 0.29) is 23.8 Å². The van der Waals surface area contributed by atoms with E-state index < -0.39 is 17.9 Å². The number of nitrogens with two attached hydrogens (primary N) is 1. The highest BCUT2D eigenvalue weighted by Crippen LogP contribution is 2.26. The standard InChI is InChI=1S/C12H22N2O3/c1-7-5-14(6-8(7)11(16)17)10(15)9(13)12(2,3)4/h7-9H,5-6,13H2,1-4H3,(H,16,17)/t7-,8-,9-/m1/s1. The van der Waals surface area contributed by atoms with Gasteiger partial charge in [-0.3, -0.25) is 9.59 Å². The Labute approximate surface area is 102 Å². The molecule has 1 fully saturated rings. The fraction of sp³-hybridized carbons (Fsp3) is 0.833. The molecule has 1 rings (SSSR count). The third-order valence-corrected chi connectivity index (χ3v) is 3.44. The molecule has 1 amide bonds. The quantitative estimate of drug-likeness (QED) is 0.740. The van der Waals surface area contributed by atoms with E-state index in [1.54, 1.807) is 4.90 Å². The Balaban J connectivity index is 2.71. The predicted molar refractivity (Wildman–Crippen MR) is 64.3 cm³/mol. The first-order chi connectivity index (χ1) is 7.64. The molecule has 0 unspecified atom stereocenters. The molecule has 0 aromatic rings. The van der Waals surface area contributed by atoms with E-state index in [1.165, 1.54) is 0 Å². The summed E-state index contributed by atoms with van der Waals surface area (Å²) in [5.74, 6) is -1.46. The highest BCUT2D eigenvalue weighted by atomic mass is 16.4. The Morgan fingerprint density at radius 1 is 1.35 bits per heavy atom. The van der Waals surface area contributed by atoms with Crippen molar-refractivity contribution in [2.75, 3.05) is 13.1 Å². The number of carbonyl (C=O) groups excluding carboxylic acids is 1. The molecule has 1 saturated heterocycles. The fourth-order valence-electron chi connectivity index (χ4n) is 2.04. The lowest BCUT2D eigenvalue weighted by Gasteiger charge is -2.29. The number of aliphatic carboxylic acids is 1. The average molecular weight is 242 g/mol. The van der Waals surface area contributed by atoms with Crippen LogP contribution < -0.4 is 5.73 Å². The van der Waals surface area contributed by atoms with Crippen LogP contribution in [0.4, 0.5) is 0 Å². The number of carboxylic acids is 1. The van der Waals surface area contributed by atoms with E-state index in [4.69, 9.17) is 10.8 Å². The number of amides is 1. The summed E-state index contributed by atoms with van der Waals surface area (Å²) in [5.41, 5.74) is 5.60. The van der Waals surface area contributed by atoms with Crippen LogP contribution in [0.1, 0.15) is 27.7 Å². The molecule has 5 nitrogen and oxygen atoms in total. The molecular weight excluding hydrogens is 220 g/mol. The minimum absolute atomic E-state index is 0.0105. The molecule has 1 aliphatic heterocycles. The van der Waals surface area contributed by atoms with Gasteiger partial charge in [0.1, 0.15) is 0 Å². The molecule has 0 radical (unpaired) electrons. The molecule has 1 heterocycles. The zero-order valence-electron chi connectivity index (χ0n) is 10.9. The molecular formula is C12H22N2O3. The molecule has 5 heteroatoms. The predicted octanol–water partition coefficient (Wildman–Crippen LogP) is 0.539. The summed E-state index contributed by atoms with van der Waals surface area (Å²) in [6, 6.07) is -0.581. The van der Waals surface area contributed by atoms with Crippen molar-refractivity contribution in [1.29, 1.82) is 0 Å². The summed E-state index contributed by atoms with van der Waals surface area (Å²) in [5, 5.41) is 9.01. The second-order valence-electron chi connectivity index (χ2n) is 6.01. The number of rotatable bonds is 2. The van der Waals surface area contributed by atoms with Crippen LogP contribution in [-0.2, 0) is 9.59 Å². The average Bonchev–Trinajstić information content (AvgIpc) is 2.56. The van der Waals surface area contributed by atoms with Gasteiger partial charge in [-0.05, 0) is 11.3 Å². The molecule has 0 aliphatic carbocycles. The van der Waals surface area contributed by atoms with Gasteiger partial charge in [0, 0.05) is 13.1 Å². The third kappa shape index (κ3) is 2.97. The van der Waals surface area contributed by atoms with Gasteiger partial charge in [0.05, 0.1) is 12.0 Å². The maximum atomic E-state index is 12.1. The van der Waals surface area contributed by atoms with Crippen LogP contribution in [0.25, 0.3) is 0 Å². The summed E-state index contributed by atoms with van der Waals surface area (Å²) in [4.78, 5) is 24.7. The van der Waals surface area contributed by atoms with E-state index in [0.29, 0.717) is 6.54 Å². The molecule has 17 heavy (non-hydrogen) atoms. The first-order valence-corrected chi connectivity index (χ1v) is 5.91. The highest BCUT2D eigenvalue weighted by Gasteiger charge is 2.40. The lowest BCUT2D eigenvalue weighted by Crippen LogP contribution is -2.49. The second-order valence-corrected chi connectivity index (χ2v) is 6.01. The Morgan fingerprint density at radius 2 is 1.88 bits per heavy atom. The van der Waals surface area contributed by atoms with Crippen LogP contribution in [0.2, 0.25) is 0 Å². The molecule has 0 bridgehead atoms. The van der Waals surface area contributed by atoms with Crippen molar-refractivity contribution in [1.82, 2.24) is 4.90 Å². The van der Waals surface area contributed by atoms with Gasteiger partial charge in [-0.15, -0.1) is 0 Å². The van der Waals surface area contributed by atoms with Crippen LogP contribution in [-0.4, -0.2) is 41.0 Å². The second kappa shape index (κ2) is 4.64. The normalized spacial score (nSPS) is 27.0. The van der Waals surface area contributed by atoms with Crippen molar-refractivity contribution >= 4 is 11.9 Å². The molecule has 3 N–H and O–H groups in total. The van der Waals surface area contributed by atoms with Crippen LogP contribution >= 0.6 is 0 Å². The van der Waals surface area contributed by atoms with E-state index in [1.807, 2.05) is 27.7 Å². The smallest absolute Gasteiger partial charge is 0.308 e. The van der Waals surface area contributed by atoms with E-state index in [0.717, 1.165) is 0 Å². The SMILES string of the molecule is C[C@@H]1CN(C(=O)[C@@H](N)C(C)(C)C)C[C@H]1C(=O)O. The van der Waals surface area contributed by atoms with Gasteiger partial charge in [-0.2, -0.15) is 0 Å². The summed E-state index contributed by atoms with van der Waals surface area (Å²) < 4.78 is 0. The van der Waals surface area contributed by atoms with Crippen molar-refractivity contribution in [3.63, 3.8) is 0 Å². The maximum Gasteiger partial charge on any atom is 0.308 e. The zero-order chi connectivity index (χ0) is 13.4. The largest absolute Gasteiger partial charge is 0.481 e. The van der Waals surface area contributed by atoms with Gasteiger partial charge in [0.15, 0.2) is 0 Å². The Bertz CT molecular complexity index is 322.